The first-order valence-electron chi connectivity index (χ1n) is 5.45. The van der Waals surface area contributed by atoms with Crippen molar-refractivity contribution in [2.24, 2.45) is 0 Å². The Morgan fingerprint density at radius 2 is 2.33 bits per heavy atom. The molecule has 0 atom stereocenters. The van der Waals surface area contributed by atoms with Gasteiger partial charge >= 0.3 is 0 Å². The van der Waals surface area contributed by atoms with Crippen LogP contribution >= 0.6 is 0 Å². The summed E-state index contributed by atoms with van der Waals surface area (Å²) in [5.74, 6) is 0.239. The summed E-state index contributed by atoms with van der Waals surface area (Å²) in [5, 5.41) is 3.25. The average molecular weight is 204 g/mol. The van der Waals surface area contributed by atoms with Gasteiger partial charge in [-0.3, -0.25) is 4.79 Å². The molecule has 1 aliphatic rings. The first kappa shape index (κ1) is 10.0. The van der Waals surface area contributed by atoms with E-state index in [1.165, 1.54) is 0 Å². The summed E-state index contributed by atoms with van der Waals surface area (Å²) in [6.45, 7) is 3.82. The molecule has 1 N–H and O–H groups in total. The summed E-state index contributed by atoms with van der Waals surface area (Å²) in [5.41, 5.74) is 2.09. The molecule has 0 bridgehead atoms. The van der Waals surface area contributed by atoms with E-state index < -0.39 is 0 Å². The van der Waals surface area contributed by atoms with Gasteiger partial charge in [0, 0.05) is 30.9 Å². The lowest BCUT2D eigenvalue weighted by atomic mass is 10.2. The quantitative estimate of drug-likeness (QED) is 0.819. The fraction of sp³-hybridized carbons (Fsp3) is 0.417. The number of carbonyl (C=O) groups is 1. The van der Waals surface area contributed by atoms with E-state index in [4.69, 9.17) is 0 Å². The molecule has 2 rings (SSSR count). The van der Waals surface area contributed by atoms with E-state index in [0.29, 0.717) is 6.42 Å². The highest BCUT2D eigenvalue weighted by Gasteiger charge is 2.21. The number of amides is 1. The number of rotatable bonds is 3. The largest absolute Gasteiger partial charge is 0.385 e. The molecule has 15 heavy (non-hydrogen) atoms. The molecule has 1 aliphatic heterocycles. The number of anilines is 2. The number of nitrogens with zero attached hydrogens (tertiary/aromatic N) is 1. The van der Waals surface area contributed by atoms with Gasteiger partial charge in [-0.25, -0.2) is 0 Å². The lowest BCUT2D eigenvalue weighted by Gasteiger charge is -2.16. The predicted molar refractivity (Wildman–Crippen MR) is 62.2 cm³/mol. The molecule has 1 heterocycles. The molecule has 80 valence electrons. The van der Waals surface area contributed by atoms with Gasteiger partial charge in [-0.05, 0) is 31.5 Å². The van der Waals surface area contributed by atoms with Crippen LogP contribution in [0.3, 0.4) is 0 Å². The highest BCUT2D eigenvalue weighted by molar-refractivity contribution is 5.95. The Bertz CT molecular complexity index is 362. The number of benzene rings is 1. The minimum atomic E-state index is 0.239. The molecular formula is C12H16N2O. The summed E-state index contributed by atoms with van der Waals surface area (Å²) < 4.78 is 0. The lowest BCUT2D eigenvalue weighted by molar-refractivity contribution is -0.117. The zero-order valence-electron chi connectivity index (χ0n) is 8.99. The second kappa shape index (κ2) is 4.34. The summed E-state index contributed by atoms with van der Waals surface area (Å²) in [4.78, 5) is 13.4. The highest BCUT2D eigenvalue weighted by atomic mass is 16.2. The average Bonchev–Trinajstić information content (AvgIpc) is 2.65. The van der Waals surface area contributed by atoms with Crippen molar-refractivity contribution in [2.75, 3.05) is 23.3 Å². The first-order chi connectivity index (χ1) is 7.31. The van der Waals surface area contributed by atoms with E-state index >= 15 is 0 Å². The van der Waals surface area contributed by atoms with Gasteiger partial charge in [-0.2, -0.15) is 0 Å². The molecule has 1 amide bonds. The monoisotopic (exact) mass is 204 g/mol. The van der Waals surface area contributed by atoms with Gasteiger partial charge in [0.2, 0.25) is 5.91 Å². The Morgan fingerprint density at radius 3 is 3.00 bits per heavy atom. The summed E-state index contributed by atoms with van der Waals surface area (Å²) in [6.07, 6.45) is 1.66. The van der Waals surface area contributed by atoms with Crippen molar-refractivity contribution in [3.8, 4) is 0 Å². The third-order valence-electron chi connectivity index (χ3n) is 2.61. The SMILES string of the molecule is CCNc1cccc(N2CCCC2=O)c1. The Kier molecular flexibility index (Phi) is 2.90. The molecule has 3 nitrogen and oxygen atoms in total. The van der Waals surface area contributed by atoms with Crippen LogP contribution in [0.2, 0.25) is 0 Å². The Labute approximate surface area is 90.1 Å². The second-order valence-corrected chi connectivity index (χ2v) is 3.73. The smallest absolute Gasteiger partial charge is 0.227 e. The Hall–Kier alpha value is -1.51. The van der Waals surface area contributed by atoms with Crippen LogP contribution in [0.5, 0.6) is 0 Å². The van der Waals surface area contributed by atoms with E-state index in [1.54, 1.807) is 0 Å². The van der Waals surface area contributed by atoms with Gasteiger partial charge in [0.25, 0.3) is 0 Å². The standard InChI is InChI=1S/C12H16N2O/c1-2-13-10-5-3-6-11(9-10)14-8-4-7-12(14)15/h3,5-6,9,13H,2,4,7-8H2,1H3. The van der Waals surface area contributed by atoms with Crippen LogP contribution in [0, 0.1) is 0 Å². The highest BCUT2D eigenvalue weighted by Crippen LogP contribution is 2.23. The minimum absolute atomic E-state index is 0.239. The first-order valence-corrected chi connectivity index (χ1v) is 5.45. The third-order valence-corrected chi connectivity index (χ3v) is 2.61. The summed E-state index contributed by atoms with van der Waals surface area (Å²) in [7, 11) is 0. The van der Waals surface area contributed by atoms with Crippen molar-refractivity contribution in [3.63, 3.8) is 0 Å². The molecule has 0 saturated carbocycles. The number of hydrogen-bond acceptors (Lipinski definition) is 2. The topological polar surface area (TPSA) is 32.3 Å². The predicted octanol–water partition coefficient (Wildman–Crippen LogP) is 2.25. The van der Waals surface area contributed by atoms with E-state index in [1.807, 2.05) is 29.2 Å². The van der Waals surface area contributed by atoms with Gasteiger partial charge in [-0.15, -0.1) is 0 Å². The summed E-state index contributed by atoms with van der Waals surface area (Å²) in [6, 6.07) is 8.03. The fourth-order valence-electron chi connectivity index (χ4n) is 1.91. The molecule has 1 aromatic rings. The van der Waals surface area contributed by atoms with Crippen LogP contribution in [0.1, 0.15) is 19.8 Å². The fourth-order valence-corrected chi connectivity index (χ4v) is 1.91. The van der Waals surface area contributed by atoms with Crippen molar-refractivity contribution < 1.29 is 4.79 Å². The zero-order chi connectivity index (χ0) is 10.7. The van der Waals surface area contributed by atoms with E-state index in [2.05, 4.69) is 12.2 Å². The Balaban J connectivity index is 2.20. The molecule has 0 aromatic heterocycles. The van der Waals surface area contributed by atoms with Gasteiger partial charge in [-0.1, -0.05) is 6.07 Å². The molecule has 0 spiro atoms. The molecule has 0 radical (unpaired) electrons. The Morgan fingerprint density at radius 1 is 1.47 bits per heavy atom. The van der Waals surface area contributed by atoms with Crippen molar-refractivity contribution in [1.29, 1.82) is 0 Å². The molecule has 0 unspecified atom stereocenters. The second-order valence-electron chi connectivity index (χ2n) is 3.73. The maximum Gasteiger partial charge on any atom is 0.227 e. The minimum Gasteiger partial charge on any atom is -0.385 e. The van der Waals surface area contributed by atoms with Crippen molar-refractivity contribution in [1.82, 2.24) is 0 Å². The molecule has 3 heteroatoms. The van der Waals surface area contributed by atoms with Crippen molar-refractivity contribution in [3.05, 3.63) is 24.3 Å². The van der Waals surface area contributed by atoms with Crippen LogP contribution in [0.15, 0.2) is 24.3 Å². The normalized spacial score (nSPS) is 15.8. The van der Waals surface area contributed by atoms with Crippen molar-refractivity contribution in [2.45, 2.75) is 19.8 Å². The van der Waals surface area contributed by atoms with Gasteiger partial charge in [0.1, 0.15) is 0 Å². The molecular weight excluding hydrogens is 188 g/mol. The van der Waals surface area contributed by atoms with Crippen LogP contribution in [-0.4, -0.2) is 19.0 Å². The molecule has 1 aromatic carbocycles. The van der Waals surface area contributed by atoms with E-state index in [9.17, 15) is 4.79 Å². The number of nitrogens with one attached hydrogen (secondary N) is 1. The van der Waals surface area contributed by atoms with Crippen LogP contribution < -0.4 is 10.2 Å². The van der Waals surface area contributed by atoms with E-state index in [0.717, 1.165) is 30.9 Å². The van der Waals surface area contributed by atoms with Crippen molar-refractivity contribution >= 4 is 17.3 Å². The van der Waals surface area contributed by atoms with Gasteiger partial charge in [0.15, 0.2) is 0 Å². The maximum absolute atomic E-state index is 11.5. The van der Waals surface area contributed by atoms with Crippen LogP contribution in [-0.2, 0) is 4.79 Å². The summed E-state index contributed by atoms with van der Waals surface area (Å²) >= 11 is 0. The van der Waals surface area contributed by atoms with Gasteiger partial charge < -0.3 is 10.2 Å². The van der Waals surface area contributed by atoms with Gasteiger partial charge in [0.05, 0.1) is 0 Å². The van der Waals surface area contributed by atoms with E-state index in [-0.39, 0.29) is 5.91 Å². The van der Waals surface area contributed by atoms with Crippen LogP contribution in [0.25, 0.3) is 0 Å². The van der Waals surface area contributed by atoms with Crippen LogP contribution in [0.4, 0.5) is 11.4 Å². The third kappa shape index (κ3) is 2.12. The lowest BCUT2D eigenvalue weighted by Crippen LogP contribution is -2.23. The molecule has 1 fully saturated rings. The zero-order valence-corrected chi connectivity index (χ0v) is 8.99. The number of carbonyl (C=O) groups excluding carboxylic acids is 1. The molecule has 0 aliphatic carbocycles. The molecule has 1 saturated heterocycles. The number of hydrogen-bond donors (Lipinski definition) is 1. The maximum atomic E-state index is 11.5.